The van der Waals surface area contributed by atoms with Crippen molar-refractivity contribution in [2.75, 3.05) is 13.7 Å². The van der Waals surface area contributed by atoms with E-state index in [0.29, 0.717) is 16.9 Å². The molecule has 36 heavy (non-hydrogen) atoms. The zero-order chi connectivity index (χ0) is 26.4. The van der Waals surface area contributed by atoms with Gasteiger partial charge in [-0.1, -0.05) is 24.3 Å². The summed E-state index contributed by atoms with van der Waals surface area (Å²) in [5, 5.41) is 1.42. The number of methoxy groups -OCH3 is 1. The summed E-state index contributed by atoms with van der Waals surface area (Å²) in [5.74, 6) is -1.79. The van der Waals surface area contributed by atoms with Gasteiger partial charge in [0.05, 0.1) is 7.11 Å². The molecule has 0 spiro atoms. The first-order valence-electron chi connectivity index (χ1n) is 11.1. The van der Waals surface area contributed by atoms with Crippen LogP contribution in [-0.4, -0.2) is 68.3 Å². The maximum absolute atomic E-state index is 12.0. The molecule has 0 aromatic heterocycles. The Balaban J connectivity index is 2.06. The van der Waals surface area contributed by atoms with E-state index in [2.05, 4.69) is 0 Å². The largest absolute Gasteiger partial charge is 0.496 e. The number of benzene rings is 2. The van der Waals surface area contributed by atoms with Crippen molar-refractivity contribution in [3.05, 3.63) is 36.4 Å². The normalized spacial score (nSPS) is 23.3. The van der Waals surface area contributed by atoms with Crippen LogP contribution in [0.15, 0.2) is 36.4 Å². The van der Waals surface area contributed by atoms with E-state index >= 15 is 0 Å². The van der Waals surface area contributed by atoms with Crippen molar-refractivity contribution in [2.45, 2.75) is 58.4 Å². The second-order valence-corrected chi connectivity index (χ2v) is 8.00. The molecule has 11 nitrogen and oxygen atoms in total. The maximum atomic E-state index is 12.0. The first-order chi connectivity index (χ1) is 17.1. The van der Waals surface area contributed by atoms with Crippen LogP contribution in [0, 0.1) is 0 Å². The Morgan fingerprint density at radius 2 is 1.25 bits per heavy atom. The van der Waals surface area contributed by atoms with E-state index in [1.807, 2.05) is 18.2 Å². The van der Waals surface area contributed by atoms with Crippen molar-refractivity contribution in [1.29, 1.82) is 0 Å². The number of carbonyl (C=O) groups is 4. The third kappa shape index (κ3) is 6.42. The molecule has 3 rings (SSSR count). The monoisotopic (exact) mass is 504 g/mol. The third-order valence-electron chi connectivity index (χ3n) is 5.26. The first kappa shape index (κ1) is 26.7. The predicted octanol–water partition coefficient (Wildman–Crippen LogP) is 2.31. The minimum atomic E-state index is -1.33. The highest BCUT2D eigenvalue weighted by Gasteiger charge is 2.53. The van der Waals surface area contributed by atoms with E-state index in [1.165, 1.54) is 6.92 Å². The van der Waals surface area contributed by atoms with Gasteiger partial charge >= 0.3 is 23.9 Å². The summed E-state index contributed by atoms with van der Waals surface area (Å²) in [6, 6.07) is 10.6. The second kappa shape index (κ2) is 11.7. The van der Waals surface area contributed by atoms with Gasteiger partial charge in [-0.3, -0.25) is 19.2 Å². The zero-order valence-electron chi connectivity index (χ0n) is 20.5. The average Bonchev–Trinajstić information content (AvgIpc) is 2.81. The van der Waals surface area contributed by atoms with Gasteiger partial charge in [0.25, 0.3) is 0 Å². The number of hydrogen-bond acceptors (Lipinski definition) is 11. The summed E-state index contributed by atoms with van der Waals surface area (Å²) < 4.78 is 38.9. The van der Waals surface area contributed by atoms with Crippen molar-refractivity contribution < 1.29 is 52.3 Å². The van der Waals surface area contributed by atoms with Crippen LogP contribution in [0.4, 0.5) is 0 Å². The van der Waals surface area contributed by atoms with Gasteiger partial charge < -0.3 is 33.2 Å². The minimum absolute atomic E-state index is 0.346. The lowest BCUT2D eigenvalue weighted by molar-refractivity contribution is -0.288. The molecule has 1 aliphatic heterocycles. The van der Waals surface area contributed by atoms with Gasteiger partial charge in [0, 0.05) is 38.5 Å². The Labute approximate surface area is 207 Å². The quantitative estimate of drug-likeness (QED) is 0.387. The summed E-state index contributed by atoms with van der Waals surface area (Å²) in [5.41, 5.74) is 0. The fourth-order valence-corrected chi connectivity index (χ4v) is 3.93. The molecule has 0 N–H and O–H groups in total. The van der Waals surface area contributed by atoms with Crippen LogP contribution >= 0.6 is 0 Å². The second-order valence-electron chi connectivity index (χ2n) is 8.00. The van der Waals surface area contributed by atoms with E-state index in [4.69, 9.17) is 33.2 Å². The molecule has 1 aliphatic rings. The van der Waals surface area contributed by atoms with E-state index in [-0.39, 0.29) is 6.61 Å². The topological polar surface area (TPSA) is 133 Å². The summed E-state index contributed by atoms with van der Waals surface area (Å²) in [7, 11) is 1.54. The highest BCUT2D eigenvalue weighted by Crippen LogP contribution is 2.36. The molecule has 1 fully saturated rings. The predicted molar refractivity (Wildman–Crippen MR) is 123 cm³/mol. The molecule has 1 heterocycles. The molecule has 1 saturated heterocycles. The van der Waals surface area contributed by atoms with Gasteiger partial charge in [0.1, 0.15) is 24.2 Å². The molecule has 0 radical (unpaired) electrons. The number of hydrogen-bond donors (Lipinski definition) is 0. The molecular formula is C25H28O11. The van der Waals surface area contributed by atoms with Crippen molar-refractivity contribution in [2.24, 2.45) is 0 Å². The SMILES string of the molecule is COc1ccc(O[C@@H]2O[C@H](COC(C)=O)[C@H](OC(C)=O)[C@H](OC(C)=O)[C@H]2OC(C)=O)c2ccccc12. The molecule has 0 saturated carbocycles. The third-order valence-corrected chi connectivity index (χ3v) is 5.26. The molecule has 0 amide bonds. The molecule has 0 unspecified atom stereocenters. The van der Waals surface area contributed by atoms with Gasteiger partial charge in [0.15, 0.2) is 12.2 Å². The lowest BCUT2D eigenvalue weighted by Gasteiger charge is -2.44. The number of rotatable bonds is 8. The summed E-state index contributed by atoms with van der Waals surface area (Å²) in [6.07, 6.45) is -6.35. The molecule has 0 aliphatic carbocycles. The zero-order valence-corrected chi connectivity index (χ0v) is 20.5. The molecule has 2 aromatic carbocycles. The minimum Gasteiger partial charge on any atom is -0.496 e. The van der Waals surface area contributed by atoms with Gasteiger partial charge in [-0.2, -0.15) is 0 Å². The molecule has 11 heteroatoms. The van der Waals surface area contributed by atoms with Crippen molar-refractivity contribution >= 4 is 34.6 Å². The van der Waals surface area contributed by atoms with Crippen molar-refractivity contribution in [3.63, 3.8) is 0 Å². The van der Waals surface area contributed by atoms with Gasteiger partial charge in [-0.25, -0.2) is 0 Å². The molecule has 2 aromatic rings. The smallest absolute Gasteiger partial charge is 0.303 e. The van der Waals surface area contributed by atoms with Crippen LogP contribution in [0.2, 0.25) is 0 Å². The summed E-state index contributed by atoms with van der Waals surface area (Å²) >= 11 is 0. The van der Waals surface area contributed by atoms with Crippen molar-refractivity contribution in [1.82, 2.24) is 0 Å². The van der Waals surface area contributed by atoms with E-state index in [9.17, 15) is 19.2 Å². The number of fused-ring (bicyclic) bond motifs is 1. The standard InChI is InChI=1S/C25H28O11/c1-13(26)31-12-21-22(32-14(2)27)23(33-15(3)28)24(34-16(4)29)25(36-21)35-20-11-10-19(30-5)17-8-6-7-9-18(17)20/h6-11,21-25H,12H2,1-5H3/t21-,22+,23+,24-,25-/m1/s1. The van der Waals surface area contributed by atoms with Crippen LogP contribution in [0.25, 0.3) is 10.8 Å². The lowest BCUT2D eigenvalue weighted by atomic mass is 9.98. The van der Waals surface area contributed by atoms with Crippen LogP contribution in [0.3, 0.4) is 0 Å². The Kier molecular flexibility index (Phi) is 8.70. The van der Waals surface area contributed by atoms with Crippen LogP contribution in [0.1, 0.15) is 27.7 Å². The number of carbonyl (C=O) groups excluding carboxylic acids is 4. The number of ether oxygens (including phenoxy) is 7. The van der Waals surface area contributed by atoms with E-state index < -0.39 is 54.6 Å². The highest BCUT2D eigenvalue weighted by molar-refractivity contribution is 5.93. The lowest BCUT2D eigenvalue weighted by Crippen LogP contribution is -2.63. The van der Waals surface area contributed by atoms with E-state index in [0.717, 1.165) is 26.2 Å². The van der Waals surface area contributed by atoms with Gasteiger partial charge in [-0.15, -0.1) is 0 Å². The van der Waals surface area contributed by atoms with Crippen molar-refractivity contribution in [3.8, 4) is 11.5 Å². The van der Waals surface area contributed by atoms with E-state index in [1.54, 1.807) is 25.3 Å². The van der Waals surface area contributed by atoms with Gasteiger partial charge in [0.2, 0.25) is 12.4 Å². The fraction of sp³-hybridized carbons (Fsp3) is 0.440. The number of esters is 4. The Hall–Kier alpha value is -3.86. The fourth-order valence-electron chi connectivity index (χ4n) is 3.93. The highest BCUT2D eigenvalue weighted by atomic mass is 16.7. The molecule has 0 bridgehead atoms. The summed E-state index contributed by atoms with van der Waals surface area (Å²) in [6.45, 7) is 4.32. The Morgan fingerprint density at radius 1 is 0.722 bits per heavy atom. The van der Waals surface area contributed by atoms with Crippen LogP contribution < -0.4 is 9.47 Å². The first-order valence-corrected chi connectivity index (χ1v) is 11.1. The van der Waals surface area contributed by atoms with Crippen LogP contribution in [-0.2, 0) is 42.9 Å². The Bertz CT molecular complexity index is 1130. The Morgan fingerprint density at radius 3 is 1.81 bits per heavy atom. The van der Waals surface area contributed by atoms with Gasteiger partial charge in [-0.05, 0) is 12.1 Å². The average molecular weight is 504 g/mol. The summed E-state index contributed by atoms with van der Waals surface area (Å²) in [4.78, 5) is 47.3. The molecular weight excluding hydrogens is 476 g/mol. The maximum Gasteiger partial charge on any atom is 0.303 e. The van der Waals surface area contributed by atoms with Crippen LogP contribution in [0.5, 0.6) is 11.5 Å². The molecule has 5 atom stereocenters. The molecule has 194 valence electrons.